The molecule has 0 amide bonds. The Morgan fingerprint density at radius 3 is 2.75 bits per heavy atom. The van der Waals surface area contributed by atoms with Gasteiger partial charge in [-0.15, -0.1) is 0 Å². The van der Waals surface area contributed by atoms with Gasteiger partial charge in [0.1, 0.15) is 11.6 Å². The van der Waals surface area contributed by atoms with Gasteiger partial charge >= 0.3 is 0 Å². The van der Waals surface area contributed by atoms with Gasteiger partial charge in [0.15, 0.2) is 5.96 Å². The minimum atomic E-state index is 0.616. The first-order valence-corrected chi connectivity index (χ1v) is 10.1. The average molecular weight is 382 g/mol. The largest absolute Gasteiger partial charge is 0.496 e. The maximum absolute atomic E-state index is 5.43. The highest BCUT2D eigenvalue weighted by molar-refractivity contribution is 5.79. The molecule has 1 aromatic heterocycles. The van der Waals surface area contributed by atoms with Gasteiger partial charge in [-0.2, -0.15) is 0 Å². The van der Waals surface area contributed by atoms with Gasteiger partial charge in [-0.1, -0.05) is 18.2 Å². The number of rotatable bonds is 7. The molecular weight excluding hydrogens is 350 g/mol. The Kier molecular flexibility index (Phi) is 7.53. The van der Waals surface area contributed by atoms with Gasteiger partial charge in [0.2, 0.25) is 0 Å². The molecule has 2 N–H and O–H groups in total. The smallest absolute Gasteiger partial charge is 0.191 e. The summed E-state index contributed by atoms with van der Waals surface area (Å²) in [6.45, 7) is 6.36. The molecule has 3 rings (SSSR count). The summed E-state index contributed by atoms with van der Waals surface area (Å²) in [4.78, 5) is 11.7. The zero-order valence-electron chi connectivity index (χ0n) is 16.9. The highest BCUT2D eigenvalue weighted by Crippen LogP contribution is 2.19. The minimum absolute atomic E-state index is 0.616. The molecule has 0 saturated carbocycles. The molecule has 150 valence electrons. The van der Waals surface area contributed by atoms with Crippen molar-refractivity contribution >= 4 is 11.8 Å². The van der Waals surface area contributed by atoms with Gasteiger partial charge in [-0.3, -0.25) is 0 Å². The Morgan fingerprint density at radius 2 is 1.96 bits per heavy atom. The first kappa shape index (κ1) is 20.0. The summed E-state index contributed by atoms with van der Waals surface area (Å²) in [5, 5.41) is 6.70. The van der Waals surface area contributed by atoms with E-state index < -0.39 is 0 Å². The van der Waals surface area contributed by atoms with Gasteiger partial charge in [0.05, 0.1) is 13.7 Å². The number of nitrogens with zero attached hydrogens (tertiary/aromatic N) is 3. The monoisotopic (exact) mass is 381 g/mol. The molecule has 0 unspecified atom stereocenters. The molecule has 1 aliphatic heterocycles. The number of aliphatic imine (C=N–C) groups is 1. The van der Waals surface area contributed by atoms with Crippen LogP contribution in [0.1, 0.15) is 37.3 Å². The third kappa shape index (κ3) is 5.62. The Labute approximate surface area is 168 Å². The van der Waals surface area contributed by atoms with Crippen molar-refractivity contribution in [3.05, 3.63) is 53.7 Å². The van der Waals surface area contributed by atoms with E-state index in [1.807, 2.05) is 30.5 Å². The number of pyridine rings is 1. The summed E-state index contributed by atoms with van der Waals surface area (Å²) in [6.07, 6.45) is 5.72. The maximum atomic E-state index is 5.43. The van der Waals surface area contributed by atoms with Crippen LogP contribution in [-0.4, -0.2) is 37.7 Å². The quantitative estimate of drug-likeness (QED) is 0.569. The van der Waals surface area contributed by atoms with Crippen LogP contribution in [0.3, 0.4) is 0 Å². The van der Waals surface area contributed by atoms with Crippen molar-refractivity contribution in [2.75, 3.05) is 31.6 Å². The topological polar surface area (TPSA) is 61.8 Å². The van der Waals surface area contributed by atoms with E-state index in [0.717, 1.165) is 42.7 Å². The first-order chi connectivity index (χ1) is 13.8. The van der Waals surface area contributed by atoms with Crippen LogP contribution in [0.2, 0.25) is 0 Å². The molecule has 2 aromatic rings. The van der Waals surface area contributed by atoms with Gasteiger partial charge in [0, 0.05) is 37.9 Å². The van der Waals surface area contributed by atoms with E-state index >= 15 is 0 Å². The van der Waals surface area contributed by atoms with Crippen molar-refractivity contribution in [3.8, 4) is 5.75 Å². The van der Waals surface area contributed by atoms with Crippen LogP contribution in [-0.2, 0) is 13.1 Å². The molecule has 1 saturated heterocycles. The van der Waals surface area contributed by atoms with Crippen molar-refractivity contribution in [1.29, 1.82) is 0 Å². The summed E-state index contributed by atoms with van der Waals surface area (Å²) < 4.78 is 5.43. The van der Waals surface area contributed by atoms with Crippen molar-refractivity contribution in [1.82, 2.24) is 15.6 Å². The SMILES string of the molecule is CCNC(=NCc1ccnc(N2CCCCC2)c1)NCc1ccccc1OC. The highest BCUT2D eigenvalue weighted by atomic mass is 16.5. The fourth-order valence-corrected chi connectivity index (χ4v) is 3.39. The molecule has 1 aliphatic rings. The third-order valence-corrected chi connectivity index (χ3v) is 4.89. The highest BCUT2D eigenvalue weighted by Gasteiger charge is 2.12. The van der Waals surface area contributed by atoms with E-state index in [0.29, 0.717) is 13.1 Å². The molecule has 6 heteroatoms. The van der Waals surface area contributed by atoms with E-state index in [-0.39, 0.29) is 0 Å². The molecule has 28 heavy (non-hydrogen) atoms. The molecule has 2 heterocycles. The molecule has 0 spiro atoms. The van der Waals surface area contributed by atoms with Crippen LogP contribution in [0, 0.1) is 0 Å². The summed E-state index contributed by atoms with van der Waals surface area (Å²) in [5.74, 6) is 2.75. The van der Waals surface area contributed by atoms with E-state index in [9.17, 15) is 0 Å². The van der Waals surface area contributed by atoms with E-state index in [4.69, 9.17) is 9.73 Å². The Hall–Kier alpha value is -2.76. The van der Waals surface area contributed by atoms with Gasteiger partial charge < -0.3 is 20.3 Å². The maximum Gasteiger partial charge on any atom is 0.191 e. The van der Waals surface area contributed by atoms with Gasteiger partial charge in [-0.25, -0.2) is 9.98 Å². The summed E-state index contributed by atoms with van der Waals surface area (Å²) in [5.41, 5.74) is 2.27. The second-order valence-electron chi connectivity index (χ2n) is 6.93. The minimum Gasteiger partial charge on any atom is -0.496 e. The number of hydrogen-bond donors (Lipinski definition) is 2. The lowest BCUT2D eigenvalue weighted by Gasteiger charge is -2.27. The molecule has 1 aromatic carbocycles. The van der Waals surface area contributed by atoms with E-state index in [1.165, 1.54) is 24.8 Å². The molecule has 0 aliphatic carbocycles. The van der Waals surface area contributed by atoms with Crippen LogP contribution >= 0.6 is 0 Å². The molecule has 1 fully saturated rings. The molecular formula is C22H31N5O. The van der Waals surface area contributed by atoms with Crippen molar-refractivity contribution < 1.29 is 4.74 Å². The summed E-state index contributed by atoms with van der Waals surface area (Å²) >= 11 is 0. The lowest BCUT2D eigenvalue weighted by Crippen LogP contribution is -2.36. The van der Waals surface area contributed by atoms with Gasteiger partial charge in [-0.05, 0) is 49.9 Å². The standard InChI is InChI=1S/C22H31N5O/c1-3-23-22(26-17-19-9-5-6-10-20(19)28-2)25-16-18-11-12-24-21(15-18)27-13-7-4-8-14-27/h5-6,9-12,15H,3-4,7-8,13-14,16-17H2,1-2H3,(H2,23,25,26). The van der Waals surface area contributed by atoms with Crippen molar-refractivity contribution in [2.45, 2.75) is 39.3 Å². The average Bonchev–Trinajstić information content (AvgIpc) is 2.76. The van der Waals surface area contributed by atoms with Crippen LogP contribution in [0.5, 0.6) is 5.75 Å². The number of nitrogens with one attached hydrogen (secondary N) is 2. The second-order valence-corrected chi connectivity index (χ2v) is 6.93. The van der Waals surface area contributed by atoms with Crippen LogP contribution < -0.4 is 20.3 Å². The number of hydrogen-bond acceptors (Lipinski definition) is 4. The molecule has 6 nitrogen and oxygen atoms in total. The fourth-order valence-electron chi connectivity index (χ4n) is 3.39. The molecule has 0 atom stereocenters. The Bertz CT molecular complexity index is 771. The number of para-hydroxylation sites is 1. The third-order valence-electron chi connectivity index (χ3n) is 4.89. The zero-order valence-corrected chi connectivity index (χ0v) is 16.9. The molecule has 0 bridgehead atoms. The van der Waals surface area contributed by atoms with Gasteiger partial charge in [0.25, 0.3) is 0 Å². The number of methoxy groups -OCH3 is 1. The number of guanidine groups is 1. The van der Waals surface area contributed by atoms with E-state index in [1.54, 1.807) is 7.11 Å². The van der Waals surface area contributed by atoms with E-state index in [2.05, 4.69) is 39.6 Å². The Balaban J connectivity index is 1.64. The van der Waals surface area contributed by atoms with Crippen molar-refractivity contribution in [3.63, 3.8) is 0 Å². The number of anilines is 1. The van der Waals surface area contributed by atoms with Crippen LogP contribution in [0.15, 0.2) is 47.6 Å². The lowest BCUT2D eigenvalue weighted by atomic mass is 10.1. The van der Waals surface area contributed by atoms with Crippen LogP contribution in [0.4, 0.5) is 5.82 Å². The first-order valence-electron chi connectivity index (χ1n) is 10.1. The summed E-state index contributed by atoms with van der Waals surface area (Å²) in [6, 6.07) is 12.2. The summed E-state index contributed by atoms with van der Waals surface area (Å²) in [7, 11) is 1.70. The normalized spacial score (nSPS) is 14.6. The number of benzene rings is 1. The lowest BCUT2D eigenvalue weighted by molar-refractivity contribution is 0.409. The zero-order chi connectivity index (χ0) is 19.6. The number of piperidine rings is 1. The predicted octanol–water partition coefficient (Wildman–Crippen LogP) is 3.34. The fraction of sp³-hybridized carbons (Fsp3) is 0.455. The van der Waals surface area contributed by atoms with Crippen molar-refractivity contribution in [2.24, 2.45) is 4.99 Å². The van der Waals surface area contributed by atoms with Crippen LogP contribution in [0.25, 0.3) is 0 Å². The molecule has 0 radical (unpaired) electrons. The number of aromatic nitrogens is 1. The second kappa shape index (κ2) is 10.5. The Morgan fingerprint density at radius 1 is 1.14 bits per heavy atom. The predicted molar refractivity (Wildman–Crippen MR) is 115 cm³/mol. The number of ether oxygens (including phenoxy) is 1.